The molecule has 0 radical (unpaired) electrons. The van der Waals surface area contributed by atoms with Crippen molar-refractivity contribution < 1.29 is 0 Å². The van der Waals surface area contributed by atoms with Gasteiger partial charge in [-0.3, -0.25) is 4.68 Å². The highest BCUT2D eigenvalue weighted by Gasteiger charge is 2.23. The first kappa shape index (κ1) is 18.5. The Balaban J connectivity index is 1.95. The first-order valence-electron chi connectivity index (χ1n) is 9.29. The Hall–Kier alpha value is -2.34. The van der Waals surface area contributed by atoms with Gasteiger partial charge in [-0.05, 0) is 32.0 Å². The Morgan fingerprint density at radius 1 is 1.27 bits per heavy atom. The van der Waals surface area contributed by atoms with Crippen LogP contribution in [-0.4, -0.2) is 59.9 Å². The van der Waals surface area contributed by atoms with Gasteiger partial charge in [-0.2, -0.15) is 5.10 Å². The average molecular weight is 355 g/mol. The smallest absolute Gasteiger partial charge is 0.160 e. The third-order valence-electron chi connectivity index (χ3n) is 5.26. The van der Waals surface area contributed by atoms with E-state index in [0.717, 1.165) is 67.3 Å². The van der Waals surface area contributed by atoms with Crippen LogP contribution < -0.4 is 10.2 Å². The molecule has 140 valence electrons. The topological polar surface area (TPSA) is 49.2 Å². The van der Waals surface area contributed by atoms with E-state index in [9.17, 15) is 0 Å². The van der Waals surface area contributed by atoms with Crippen molar-refractivity contribution in [2.75, 3.05) is 45.2 Å². The summed E-state index contributed by atoms with van der Waals surface area (Å²) in [5, 5.41) is 9.11. The molecule has 2 aromatic rings. The molecule has 0 bridgehead atoms. The van der Waals surface area contributed by atoms with Crippen LogP contribution in [0.2, 0.25) is 0 Å². The van der Waals surface area contributed by atoms with E-state index in [4.69, 9.17) is 10.1 Å². The lowest BCUT2D eigenvalue weighted by atomic mass is 9.94. The van der Waals surface area contributed by atoms with E-state index >= 15 is 0 Å². The van der Waals surface area contributed by atoms with Crippen LogP contribution >= 0.6 is 0 Å². The van der Waals surface area contributed by atoms with Crippen LogP contribution in [0.5, 0.6) is 0 Å². The van der Waals surface area contributed by atoms with E-state index < -0.39 is 0 Å². The van der Waals surface area contributed by atoms with Crippen LogP contribution in [0.1, 0.15) is 24.5 Å². The number of nitrogens with zero attached hydrogens (tertiary/aromatic N) is 5. The van der Waals surface area contributed by atoms with Crippen LogP contribution in [0.3, 0.4) is 0 Å². The van der Waals surface area contributed by atoms with Crippen molar-refractivity contribution in [3.8, 4) is 0 Å². The Morgan fingerprint density at radius 2 is 2.00 bits per heavy atom. The zero-order valence-electron chi connectivity index (χ0n) is 16.2. The fraction of sp³-hybridized carbons (Fsp3) is 0.500. The minimum atomic E-state index is 0.151. The highest BCUT2D eigenvalue weighted by Crippen LogP contribution is 2.32. The van der Waals surface area contributed by atoms with Crippen molar-refractivity contribution in [1.29, 1.82) is 0 Å². The molecule has 3 rings (SSSR count). The van der Waals surface area contributed by atoms with E-state index in [1.165, 1.54) is 0 Å². The van der Waals surface area contributed by atoms with Crippen molar-refractivity contribution in [2.45, 2.75) is 18.8 Å². The van der Waals surface area contributed by atoms with Gasteiger partial charge in [0.15, 0.2) is 5.65 Å². The van der Waals surface area contributed by atoms with Gasteiger partial charge < -0.3 is 15.1 Å². The standard InChI is InChI=1S/C20H30N6/c1-6-7-8-16(15(2)21-3)19-17-9-10-18(22-20(17)25(5)23-19)26-13-11-24(4)12-14-26/h6,9-10,16,21H,1-2,7-8,11-14H2,3-5H3. The maximum absolute atomic E-state index is 4.93. The lowest BCUT2D eigenvalue weighted by molar-refractivity contribution is 0.312. The summed E-state index contributed by atoms with van der Waals surface area (Å²) in [6.45, 7) is 12.2. The molecule has 1 fully saturated rings. The molecule has 6 heteroatoms. The van der Waals surface area contributed by atoms with Gasteiger partial charge in [0.2, 0.25) is 0 Å². The molecule has 1 aliphatic heterocycles. The lowest BCUT2D eigenvalue weighted by Crippen LogP contribution is -2.44. The van der Waals surface area contributed by atoms with E-state index in [0.29, 0.717) is 0 Å². The SMILES string of the molecule is C=CCCC(C(=C)NC)c1nn(C)c2nc(N3CCN(C)CC3)ccc12. The van der Waals surface area contributed by atoms with Crippen LogP contribution in [0.15, 0.2) is 37.1 Å². The fourth-order valence-corrected chi connectivity index (χ4v) is 3.55. The van der Waals surface area contributed by atoms with Gasteiger partial charge in [0.25, 0.3) is 0 Å². The minimum Gasteiger partial charge on any atom is -0.391 e. The molecular weight excluding hydrogens is 324 g/mol. The molecule has 0 aliphatic carbocycles. The van der Waals surface area contributed by atoms with Gasteiger partial charge in [0.05, 0.1) is 5.69 Å². The Kier molecular flexibility index (Phi) is 5.61. The summed E-state index contributed by atoms with van der Waals surface area (Å²) in [6, 6.07) is 4.30. The molecule has 2 aromatic heterocycles. The van der Waals surface area contributed by atoms with Gasteiger partial charge in [0, 0.05) is 57.3 Å². The largest absolute Gasteiger partial charge is 0.391 e. The Morgan fingerprint density at radius 3 is 2.65 bits per heavy atom. The summed E-state index contributed by atoms with van der Waals surface area (Å²) in [6.07, 6.45) is 3.82. The second-order valence-electron chi connectivity index (χ2n) is 7.03. The van der Waals surface area contributed by atoms with Crippen LogP contribution in [0.4, 0.5) is 5.82 Å². The summed E-state index contributed by atoms with van der Waals surface area (Å²) in [5.74, 6) is 1.19. The van der Waals surface area contributed by atoms with Gasteiger partial charge in [0.1, 0.15) is 5.82 Å². The van der Waals surface area contributed by atoms with Gasteiger partial charge in [-0.15, -0.1) is 6.58 Å². The maximum atomic E-state index is 4.93. The monoisotopic (exact) mass is 354 g/mol. The van der Waals surface area contributed by atoms with E-state index in [-0.39, 0.29) is 5.92 Å². The zero-order chi connectivity index (χ0) is 18.7. The first-order chi connectivity index (χ1) is 12.5. The number of nitrogens with one attached hydrogen (secondary N) is 1. The van der Waals surface area contributed by atoms with Crippen LogP contribution in [0, 0.1) is 0 Å². The normalized spacial score (nSPS) is 16.7. The van der Waals surface area contributed by atoms with Crippen molar-refractivity contribution in [1.82, 2.24) is 25.0 Å². The molecule has 0 spiro atoms. The number of hydrogen-bond acceptors (Lipinski definition) is 5. The number of allylic oxidation sites excluding steroid dienone is 2. The van der Waals surface area contributed by atoms with Gasteiger partial charge >= 0.3 is 0 Å². The number of hydrogen-bond donors (Lipinski definition) is 1. The molecule has 1 aliphatic rings. The second-order valence-corrected chi connectivity index (χ2v) is 7.03. The third-order valence-corrected chi connectivity index (χ3v) is 5.26. The summed E-state index contributed by atoms with van der Waals surface area (Å²) in [4.78, 5) is 9.64. The maximum Gasteiger partial charge on any atom is 0.160 e. The summed E-state index contributed by atoms with van der Waals surface area (Å²) < 4.78 is 1.90. The molecule has 3 heterocycles. The number of aromatic nitrogens is 3. The predicted molar refractivity (Wildman–Crippen MR) is 109 cm³/mol. The molecule has 0 aromatic carbocycles. The average Bonchev–Trinajstić information content (AvgIpc) is 2.98. The predicted octanol–water partition coefficient (Wildman–Crippen LogP) is 2.50. The molecule has 0 amide bonds. The van der Waals surface area contributed by atoms with Crippen molar-refractivity contribution >= 4 is 16.9 Å². The lowest BCUT2D eigenvalue weighted by Gasteiger charge is -2.33. The molecular formula is C20H30N6. The zero-order valence-corrected chi connectivity index (χ0v) is 16.2. The van der Waals surface area contributed by atoms with Crippen molar-refractivity contribution in [3.63, 3.8) is 0 Å². The van der Waals surface area contributed by atoms with Crippen molar-refractivity contribution in [2.24, 2.45) is 7.05 Å². The second kappa shape index (κ2) is 7.91. The highest BCUT2D eigenvalue weighted by molar-refractivity contribution is 5.81. The number of pyridine rings is 1. The van der Waals surface area contributed by atoms with Crippen LogP contribution in [0.25, 0.3) is 11.0 Å². The van der Waals surface area contributed by atoms with E-state index in [2.05, 4.69) is 47.5 Å². The quantitative estimate of drug-likeness (QED) is 0.774. The minimum absolute atomic E-state index is 0.151. The number of fused-ring (bicyclic) bond motifs is 1. The highest BCUT2D eigenvalue weighted by atomic mass is 15.3. The Bertz CT molecular complexity index is 785. The summed E-state index contributed by atoms with van der Waals surface area (Å²) in [5.41, 5.74) is 2.96. The third kappa shape index (κ3) is 3.60. The van der Waals surface area contributed by atoms with Gasteiger partial charge in [-0.25, -0.2) is 4.98 Å². The molecule has 1 unspecified atom stereocenters. The number of aryl methyl sites for hydroxylation is 1. The first-order valence-corrected chi connectivity index (χ1v) is 9.29. The fourth-order valence-electron chi connectivity index (χ4n) is 3.55. The molecule has 6 nitrogen and oxygen atoms in total. The van der Waals surface area contributed by atoms with Crippen molar-refractivity contribution in [3.05, 3.63) is 42.8 Å². The number of piperazine rings is 1. The van der Waals surface area contributed by atoms with E-state index in [1.807, 2.05) is 24.9 Å². The number of likely N-dealkylation sites (N-methyl/N-ethyl adjacent to an activating group) is 2. The number of anilines is 1. The van der Waals surface area contributed by atoms with E-state index in [1.54, 1.807) is 0 Å². The molecule has 0 saturated carbocycles. The molecule has 26 heavy (non-hydrogen) atoms. The molecule has 1 atom stereocenters. The molecule has 1 N–H and O–H groups in total. The summed E-state index contributed by atoms with van der Waals surface area (Å²) in [7, 11) is 6.05. The van der Waals surface area contributed by atoms with Crippen LogP contribution in [-0.2, 0) is 7.05 Å². The summed E-state index contributed by atoms with van der Waals surface area (Å²) >= 11 is 0. The van der Waals surface area contributed by atoms with Gasteiger partial charge in [-0.1, -0.05) is 12.7 Å². The molecule has 1 saturated heterocycles. The Labute approximate surface area is 156 Å². The number of rotatable bonds is 7.